The average molecular weight is 301 g/mol. The van der Waals surface area contributed by atoms with E-state index in [1.807, 2.05) is 0 Å². The molecule has 1 aromatic heterocycles. The summed E-state index contributed by atoms with van der Waals surface area (Å²) in [7, 11) is 0. The van der Waals surface area contributed by atoms with Crippen molar-refractivity contribution in [3.05, 3.63) is 52.6 Å². The van der Waals surface area contributed by atoms with Crippen LogP contribution in [0.25, 0.3) is 0 Å². The van der Waals surface area contributed by atoms with Crippen LogP contribution in [-0.4, -0.2) is 22.4 Å². The van der Waals surface area contributed by atoms with Gasteiger partial charge in [-0.05, 0) is 25.1 Å². The lowest BCUT2D eigenvalue weighted by Crippen LogP contribution is -2.15. The summed E-state index contributed by atoms with van der Waals surface area (Å²) in [6, 6.07) is 5.02. The van der Waals surface area contributed by atoms with Gasteiger partial charge in [-0.1, -0.05) is 23.4 Å². The summed E-state index contributed by atoms with van der Waals surface area (Å²) in [6.07, 6.45) is 2.96. The summed E-state index contributed by atoms with van der Waals surface area (Å²) in [5.41, 5.74) is 7.48. The predicted molar refractivity (Wildman–Crippen MR) is 82.1 cm³/mol. The number of nitrogens with two attached hydrogens (primary N) is 1. The Morgan fingerprint density at radius 2 is 2.19 bits per heavy atom. The molecule has 0 atom stereocenters. The van der Waals surface area contributed by atoms with E-state index >= 15 is 0 Å². The van der Waals surface area contributed by atoms with Crippen LogP contribution in [0, 0.1) is 18.8 Å². The van der Waals surface area contributed by atoms with Crippen LogP contribution in [0.3, 0.4) is 0 Å². The van der Waals surface area contributed by atoms with Gasteiger partial charge in [0.15, 0.2) is 0 Å². The van der Waals surface area contributed by atoms with Crippen molar-refractivity contribution in [1.29, 1.82) is 0 Å². The second kappa shape index (κ2) is 6.84. The van der Waals surface area contributed by atoms with Gasteiger partial charge in [-0.2, -0.15) is 0 Å². The minimum Gasteiger partial charge on any atom is -0.320 e. The van der Waals surface area contributed by atoms with Gasteiger partial charge in [-0.15, -0.1) is 0 Å². The Balaban J connectivity index is 2.26. The Morgan fingerprint density at radius 1 is 1.38 bits per heavy atom. The van der Waals surface area contributed by atoms with Gasteiger partial charge < -0.3 is 11.1 Å². The molecule has 0 saturated carbocycles. The number of carbonyl (C=O) groups is 1. The van der Waals surface area contributed by atoms with E-state index in [2.05, 4.69) is 27.1 Å². The van der Waals surface area contributed by atoms with Crippen molar-refractivity contribution in [2.24, 2.45) is 5.73 Å². The van der Waals surface area contributed by atoms with Gasteiger partial charge in [0.25, 0.3) is 5.91 Å². The van der Waals surface area contributed by atoms with Gasteiger partial charge in [0.2, 0.25) is 0 Å². The van der Waals surface area contributed by atoms with Crippen LogP contribution in [0.1, 0.15) is 21.7 Å². The molecular weight excluding hydrogens is 288 g/mol. The van der Waals surface area contributed by atoms with E-state index in [4.69, 9.17) is 17.3 Å². The topological polar surface area (TPSA) is 80.9 Å². The van der Waals surface area contributed by atoms with Crippen LogP contribution in [0.2, 0.25) is 5.02 Å². The molecule has 0 spiro atoms. The second-order valence-corrected chi connectivity index (χ2v) is 4.63. The van der Waals surface area contributed by atoms with Crippen LogP contribution >= 0.6 is 11.6 Å². The molecule has 0 bridgehead atoms. The molecule has 1 aromatic carbocycles. The van der Waals surface area contributed by atoms with E-state index in [1.165, 1.54) is 12.4 Å². The molecule has 0 unspecified atom stereocenters. The molecule has 1 heterocycles. The number of aromatic nitrogens is 2. The third-order valence-corrected chi connectivity index (χ3v) is 2.80. The molecule has 5 nitrogen and oxygen atoms in total. The van der Waals surface area contributed by atoms with E-state index in [9.17, 15) is 4.79 Å². The molecule has 6 heteroatoms. The first-order valence-electron chi connectivity index (χ1n) is 6.18. The monoisotopic (exact) mass is 300 g/mol. The van der Waals surface area contributed by atoms with Gasteiger partial charge in [0, 0.05) is 16.8 Å². The highest BCUT2D eigenvalue weighted by Crippen LogP contribution is 2.20. The number of carbonyl (C=O) groups excluding carboxylic acids is 1. The molecule has 2 rings (SSSR count). The minimum absolute atomic E-state index is 0.226. The van der Waals surface area contributed by atoms with Crippen molar-refractivity contribution >= 4 is 23.2 Å². The van der Waals surface area contributed by atoms with Gasteiger partial charge in [-0.25, -0.2) is 4.98 Å². The lowest BCUT2D eigenvalue weighted by atomic mass is 10.1. The highest BCUT2D eigenvalue weighted by Gasteiger charge is 2.10. The van der Waals surface area contributed by atoms with Gasteiger partial charge in [-0.3, -0.25) is 9.78 Å². The Bertz CT molecular complexity index is 717. The molecule has 0 saturated heterocycles. The third kappa shape index (κ3) is 4.02. The first-order valence-corrected chi connectivity index (χ1v) is 6.56. The second-order valence-electron chi connectivity index (χ2n) is 4.19. The molecule has 0 radical (unpaired) electrons. The van der Waals surface area contributed by atoms with E-state index in [0.29, 0.717) is 16.3 Å². The van der Waals surface area contributed by atoms with Gasteiger partial charge in [0.05, 0.1) is 24.1 Å². The van der Waals surface area contributed by atoms with E-state index < -0.39 is 0 Å². The fraction of sp³-hybridized carbons (Fsp3) is 0.133. The summed E-state index contributed by atoms with van der Waals surface area (Å²) in [6.45, 7) is 2.03. The predicted octanol–water partition coefficient (Wildman–Crippen LogP) is 2.00. The van der Waals surface area contributed by atoms with Crippen LogP contribution in [0.5, 0.6) is 0 Å². The van der Waals surface area contributed by atoms with Crippen LogP contribution in [0.4, 0.5) is 5.69 Å². The minimum atomic E-state index is -0.361. The summed E-state index contributed by atoms with van der Waals surface area (Å²) < 4.78 is 0. The molecule has 1 amide bonds. The van der Waals surface area contributed by atoms with Crippen molar-refractivity contribution in [2.75, 3.05) is 11.9 Å². The number of hydrogen-bond acceptors (Lipinski definition) is 4. The summed E-state index contributed by atoms with van der Waals surface area (Å²) in [5.74, 6) is 5.24. The smallest absolute Gasteiger partial charge is 0.275 e. The number of anilines is 1. The Kier molecular flexibility index (Phi) is 4.88. The number of hydrogen-bond donors (Lipinski definition) is 2. The Hall–Kier alpha value is -2.42. The first-order chi connectivity index (χ1) is 10.1. The quantitative estimate of drug-likeness (QED) is 0.831. The summed E-state index contributed by atoms with van der Waals surface area (Å²) in [4.78, 5) is 20.2. The number of rotatable bonds is 2. The SMILES string of the molecule is Cc1cnc(C(=O)Nc2ccc(Cl)cc2C#CCN)cn1. The van der Waals surface area contributed by atoms with E-state index in [-0.39, 0.29) is 18.1 Å². The third-order valence-electron chi connectivity index (χ3n) is 2.57. The van der Waals surface area contributed by atoms with Crippen LogP contribution in [0.15, 0.2) is 30.6 Å². The van der Waals surface area contributed by atoms with Crippen molar-refractivity contribution in [3.8, 4) is 11.8 Å². The van der Waals surface area contributed by atoms with E-state index in [1.54, 1.807) is 25.1 Å². The fourth-order valence-electron chi connectivity index (χ4n) is 1.57. The summed E-state index contributed by atoms with van der Waals surface area (Å²) >= 11 is 5.93. The fourth-order valence-corrected chi connectivity index (χ4v) is 1.74. The maximum Gasteiger partial charge on any atom is 0.275 e. The number of amides is 1. The normalized spacial score (nSPS) is 9.67. The lowest BCUT2D eigenvalue weighted by Gasteiger charge is -2.07. The van der Waals surface area contributed by atoms with Crippen molar-refractivity contribution in [2.45, 2.75) is 6.92 Å². The van der Waals surface area contributed by atoms with Crippen molar-refractivity contribution < 1.29 is 4.79 Å². The number of nitrogens with zero attached hydrogens (tertiary/aromatic N) is 2. The maximum atomic E-state index is 12.1. The van der Waals surface area contributed by atoms with Crippen LogP contribution < -0.4 is 11.1 Å². The average Bonchev–Trinajstić information content (AvgIpc) is 2.48. The Morgan fingerprint density at radius 3 is 2.86 bits per heavy atom. The molecule has 21 heavy (non-hydrogen) atoms. The van der Waals surface area contributed by atoms with Crippen molar-refractivity contribution in [3.63, 3.8) is 0 Å². The van der Waals surface area contributed by atoms with Crippen molar-refractivity contribution in [1.82, 2.24) is 9.97 Å². The molecule has 3 N–H and O–H groups in total. The largest absolute Gasteiger partial charge is 0.320 e. The standard InChI is InChI=1S/C15H13ClN4O/c1-10-8-19-14(9-18-10)15(21)20-13-5-4-12(16)7-11(13)3-2-6-17/h4-5,7-9H,6,17H2,1H3,(H,20,21). The number of aryl methyl sites for hydroxylation is 1. The first kappa shape index (κ1) is 15.0. The molecule has 0 aliphatic heterocycles. The Labute approximate surface area is 127 Å². The lowest BCUT2D eigenvalue weighted by molar-refractivity contribution is 0.102. The zero-order valence-electron chi connectivity index (χ0n) is 11.4. The van der Waals surface area contributed by atoms with Gasteiger partial charge >= 0.3 is 0 Å². The number of benzene rings is 1. The molecule has 0 aliphatic rings. The zero-order valence-corrected chi connectivity index (χ0v) is 12.1. The van der Waals surface area contributed by atoms with Gasteiger partial charge in [0.1, 0.15) is 5.69 Å². The zero-order chi connectivity index (χ0) is 15.2. The molecule has 2 aromatic rings. The highest BCUT2D eigenvalue weighted by molar-refractivity contribution is 6.30. The molecular formula is C15H13ClN4O. The molecule has 0 fully saturated rings. The number of halogens is 1. The molecule has 0 aliphatic carbocycles. The summed E-state index contributed by atoms with van der Waals surface area (Å²) in [5, 5.41) is 3.27. The molecule has 106 valence electrons. The van der Waals surface area contributed by atoms with Crippen LogP contribution in [-0.2, 0) is 0 Å². The maximum absolute atomic E-state index is 12.1. The number of nitrogens with one attached hydrogen (secondary N) is 1. The highest BCUT2D eigenvalue weighted by atomic mass is 35.5. The van der Waals surface area contributed by atoms with E-state index in [0.717, 1.165) is 5.69 Å².